The van der Waals surface area contributed by atoms with Crippen molar-refractivity contribution in [2.24, 2.45) is 0 Å². The molecule has 7 nitrogen and oxygen atoms in total. The summed E-state index contributed by atoms with van der Waals surface area (Å²) in [6.45, 7) is 1.55. The molecule has 0 bridgehead atoms. The molecule has 0 radical (unpaired) electrons. The fraction of sp³-hybridized carbons (Fsp3) is 0.111. The molecule has 1 heterocycles. The summed E-state index contributed by atoms with van der Waals surface area (Å²) < 4.78 is 10.6. The highest BCUT2D eigenvalue weighted by Crippen LogP contribution is 2.27. The number of carbonyl (C=O) groups excluding carboxylic acids is 1. The van der Waals surface area contributed by atoms with E-state index in [4.69, 9.17) is 20.8 Å². The summed E-state index contributed by atoms with van der Waals surface area (Å²) in [5.41, 5.74) is 0.666. The van der Waals surface area contributed by atoms with Crippen molar-refractivity contribution in [3.8, 4) is 0 Å². The number of halogens is 2. The molecule has 0 saturated carbocycles. The van der Waals surface area contributed by atoms with E-state index < -0.39 is 16.5 Å². The van der Waals surface area contributed by atoms with Gasteiger partial charge in [-0.2, -0.15) is 0 Å². The SMILES string of the molecule is Cc1cc2oc(=O)cc(COC(=O)c3ccc(Br)c([N+](=O)[O-])c3)c2cc1Cl. The number of hydrogen-bond donors (Lipinski definition) is 0. The van der Waals surface area contributed by atoms with Crippen LogP contribution in [0.3, 0.4) is 0 Å². The molecule has 0 aliphatic rings. The van der Waals surface area contributed by atoms with Crippen molar-refractivity contribution < 1.29 is 18.9 Å². The lowest BCUT2D eigenvalue weighted by atomic mass is 10.1. The minimum atomic E-state index is -0.759. The number of esters is 1. The molecule has 1 aromatic heterocycles. The number of rotatable bonds is 4. The number of aryl methyl sites for hydroxylation is 1. The number of nitrogens with zero attached hydrogens (tertiary/aromatic N) is 1. The topological polar surface area (TPSA) is 99.7 Å². The summed E-state index contributed by atoms with van der Waals surface area (Å²) in [6, 6.07) is 8.38. The maximum absolute atomic E-state index is 12.3. The second-order valence-electron chi connectivity index (χ2n) is 5.69. The zero-order valence-electron chi connectivity index (χ0n) is 13.8. The van der Waals surface area contributed by atoms with Crippen molar-refractivity contribution in [2.45, 2.75) is 13.5 Å². The highest BCUT2D eigenvalue weighted by Gasteiger charge is 2.17. The number of benzene rings is 2. The molecule has 0 aliphatic carbocycles. The average molecular weight is 453 g/mol. The molecule has 3 aromatic rings. The van der Waals surface area contributed by atoms with Gasteiger partial charge in [0.25, 0.3) is 5.69 Å². The van der Waals surface area contributed by atoms with Gasteiger partial charge in [-0.3, -0.25) is 10.1 Å². The number of hydrogen-bond acceptors (Lipinski definition) is 6. The first kappa shape index (κ1) is 19.1. The largest absolute Gasteiger partial charge is 0.457 e. The minimum Gasteiger partial charge on any atom is -0.457 e. The van der Waals surface area contributed by atoms with Crippen LogP contribution in [0.2, 0.25) is 5.02 Å². The fourth-order valence-electron chi connectivity index (χ4n) is 2.47. The number of nitro benzene ring substituents is 1. The average Bonchev–Trinajstić information content (AvgIpc) is 2.61. The van der Waals surface area contributed by atoms with Gasteiger partial charge >= 0.3 is 11.6 Å². The molecule has 0 aliphatic heterocycles. The van der Waals surface area contributed by atoms with Crippen LogP contribution in [0.25, 0.3) is 11.0 Å². The number of fused-ring (bicyclic) bond motifs is 1. The highest BCUT2D eigenvalue weighted by molar-refractivity contribution is 9.10. The molecule has 3 rings (SSSR count). The van der Waals surface area contributed by atoms with Crippen LogP contribution in [-0.2, 0) is 11.3 Å². The predicted octanol–water partition coefficient (Wildman–Crippen LogP) is 4.78. The quantitative estimate of drug-likeness (QED) is 0.244. The van der Waals surface area contributed by atoms with E-state index in [1.807, 2.05) is 0 Å². The van der Waals surface area contributed by atoms with Crippen molar-refractivity contribution in [2.75, 3.05) is 0 Å². The van der Waals surface area contributed by atoms with E-state index in [0.29, 0.717) is 21.6 Å². The molecule has 0 amide bonds. The zero-order valence-corrected chi connectivity index (χ0v) is 16.2. The van der Waals surface area contributed by atoms with Crippen LogP contribution in [0.4, 0.5) is 5.69 Å². The summed E-state index contributed by atoms with van der Waals surface area (Å²) in [6.07, 6.45) is 0. The molecule has 27 heavy (non-hydrogen) atoms. The first-order valence-electron chi connectivity index (χ1n) is 7.60. The molecule has 138 valence electrons. The van der Waals surface area contributed by atoms with E-state index in [1.165, 1.54) is 18.2 Å². The van der Waals surface area contributed by atoms with Crippen molar-refractivity contribution >= 4 is 50.2 Å². The molecule has 0 atom stereocenters. The third-order valence-corrected chi connectivity index (χ3v) is 4.92. The van der Waals surface area contributed by atoms with E-state index in [2.05, 4.69) is 15.9 Å². The van der Waals surface area contributed by atoms with E-state index in [-0.39, 0.29) is 22.3 Å². The van der Waals surface area contributed by atoms with Crippen molar-refractivity contribution in [1.82, 2.24) is 0 Å². The maximum Gasteiger partial charge on any atom is 0.338 e. The van der Waals surface area contributed by atoms with Crippen LogP contribution in [0, 0.1) is 17.0 Å². The van der Waals surface area contributed by atoms with Crippen LogP contribution in [0.5, 0.6) is 0 Å². The Morgan fingerprint density at radius 1 is 1.30 bits per heavy atom. The Morgan fingerprint density at radius 2 is 2.04 bits per heavy atom. The predicted molar refractivity (Wildman–Crippen MR) is 102 cm³/mol. The molecule has 2 aromatic carbocycles. The Morgan fingerprint density at radius 3 is 2.74 bits per heavy atom. The maximum atomic E-state index is 12.3. The lowest BCUT2D eigenvalue weighted by molar-refractivity contribution is -0.385. The van der Waals surface area contributed by atoms with Crippen LogP contribution >= 0.6 is 27.5 Å². The molecule has 0 saturated heterocycles. The standard InChI is InChI=1S/C18H11BrClNO6/c1-9-4-16-12(7-14(9)20)11(6-17(22)27-16)8-26-18(23)10-2-3-13(19)15(5-10)21(24)25/h2-7H,8H2,1H3. The second kappa shape index (κ2) is 7.50. The Bertz CT molecular complexity index is 1140. The van der Waals surface area contributed by atoms with E-state index in [1.54, 1.807) is 19.1 Å². The van der Waals surface area contributed by atoms with Gasteiger partial charge in [0.1, 0.15) is 12.2 Å². The van der Waals surface area contributed by atoms with Crippen LogP contribution in [-0.4, -0.2) is 10.9 Å². The first-order chi connectivity index (χ1) is 12.8. The Hall–Kier alpha value is -2.71. The molecular formula is C18H11BrClNO6. The third-order valence-electron chi connectivity index (χ3n) is 3.85. The lowest BCUT2D eigenvalue weighted by Gasteiger charge is -2.09. The van der Waals surface area contributed by atoms with Gasteiger partial charge in [0.15, 0.2) is 0 Å². The summed E-state index contributed by atoms with van der Waals surface area (Å²) >= 11 is 9.18. The van der Waals surface area contributed by atoms with Crippen molar-refractivity contribution in [3.05, 3.63) is 83.1 Å². The van der Waals surface area contributed by atoms with Gasteiger partial charge in [-0.15, -0.1) is 0 Å². The van der Waals surface area contributed by atoms with Gasteiger partial charge < -0.3 is 9.15 Å². The molecular weight excluding hydrogens is 442 g/mol. The monoisotopic (exact) mass is 451 g/mol. The van der Waals surface area contributed by atoms with Gasteiger partial charge in [0.2, 0.25) is 0 Å². The summed E-state index contributed by atoms with van der Waals surface area (Å²) in [4.78, 5) is 34.4. The van der Waals surface area contributed by atoms with Gasteiger partial charge in [-0.25, -0.2) is 9.59 Å². The highest BCUT2D eigenvalue weighted by atomic mass is 79.9. The third kappa shape index (κ3) is 4.01. The molecule has 0 unspecified atom stereocenters. The molecule has 0 fully saturated rings. The summed E-state index contributed by atoms with van der Waals surface area (Å²) in [5.74, 6) is -0.759. The zero-order chi connectivity index (χ0) is 19.7. The Balaban J connectivity index is 1.90. The van der Waals surface area contributed by atoms with E-state index in [9.17, 15) is 19.7 Å². The van der Waals surface area contributed by atoms with Gasteiger partial charge in [-0.1, -0.05) is 11.6 Å². The Labute approximate surface area is 165 Å². The van der Waals surface area contributed by atoms with Gasteiger partial charge in [0.05, 0.1) is 15.0 Å². The number of carbonyl (C=O) groups is 1. The first-order valence-corrected chi connectivity index (χ1v) is 8.77. The van der Waals surface area contributed by atoms with E-state index in [0.717, 1.165) is 11.6 Å². The fourth-order valence-corrected chi connectivity index (χ4v) is 3.03. The van der Waals surface area contributed by atoms with Crippen LogP contribution in [0.15, 0.2) is 50.1 Å². The number of nitro groups is 1. The lowest BCUT2D eigenvalue weighted by Crippen LogP contribution is -2.08. The normalized spacial score (nSPS) is 10.8. The van der Waals surface area contributed by atoms with Gasteiger partial charge in [-0.05, 0) is 52.7 Å². The van der Waals surface area contributed by atoms with Crippen molar-refractivity contribution in [3.63, 3.8) is 0 Å². The van der Waals surface area contributed by atoms with Gasteiger partial charge in [0, 0.05) is 28.1 Å². The minimum absolute atomic E-state index is 0.0195. The van der Waals surface area contributed by atoms with Crippen molar-refractivity contribution in [1.29, 1.82) is 0 Å². The number of ether oxygens (including phenoxy) is 1. The van der Waals surface area contributed by atoms with Crippen LogP contribution < -0.4 is 5.63 Å². The molecule has 0 spiro atoms. The molecule has 0 N–H and O–H groups in total. The smallest absolute Gasteiger partial charge is 0.338 e. The van der Waals surface area contributed by atoms with E-state index >= 15 is 0 Å². The Kier molecular flexibility index (Phi) is 5.29. The molecule has 9 heteroatoms. The van der Waals surface area contributed by atoms with Crippen LogP contribution in [0.1, 0.15) is 21.5 Å². The summed E-state index contributed by atoms with van der Waals surface area (Å²) in [5, 5.41) is 12.0. The second-order valence-corrected chi connectivity index (χ2v) is 6.95. The summed E-state index contributed by atoms with van der Waals surface area (Å²) in [7, 11) is 0.